The first-order valence-electron chi connectivity index (χ1n) is 6.99. The lowest BCUT2D eigenvalue weighted by Crippen LogP contribution is -2.45. The molecule has 0 aromatic carbocycles. The number of rotatable bonds is 3. The van der Waals surface area contributed by atoms with Gasteiger partial charge in [-0.3, -0.25) is 9.89 Å². The molecule has 0 aliphatic heterocycles. The quantitative estimate of drug-likeness (QED) is 0.651. The largest absolute Gasteiger partial charge is 0.395 e. The van der Waals surface area contributed by atoms with Crippen LogP contribution in [0.3, 0.4) is 0 Å². The van der Waals surface area contributed by atoms with Crippen LogP contribution in [0.25, 0.3) is 0 Å². The molecule has 0 spiro atoms. The number of aliphatic hydroxyl groups is 1. The summed E-state index contributed by atoms with van der Waals surface area (Å²) in [5.74, 6) is 0.154. The van der Waals surface area contributed by atoms with Gasteiger partial charge in [0, 0.05) is 5.92 Å². The molecule has 1 amide bonds. The van der Waals surface area contributed by atoms with Crippen LogP contribution in [0.2, 0.25) is 0 Å². The molecule has 5 N–H and O–H groups in total. The zero-order chi connectivity index (χ0) is 13.4. The highest BCUT2D eigenvalue weighted by Crippen LogP contribution is 2.42. The molecule has 0 radical (unpaired) electrons. The fourth-order valence-electron chi connectivity index (χ4n) is 2.74. The van der Waals surface area contributed by atoms with Gasteiger partial charge in [0.2, 0.25) is 0 Å². The molecule has 1 aromatic rings. The molecular formula is C13H20N4O2. The van der Waals surface area contributed by atoms with Gasteiger partial charge in [0.1, 0.15) is 0 Å². The first-order valence-corrected chi connectivity index (χ1v) is 6.99. The van der Waals surface area contributed by atoms with Gasteiger partial charge in [-0.1, -0.05) is 12.8 Å². The Hall–Kier alpha value is -1.56. The molecule has 0 saturated heterocycles. The minimum Gasteiger partial charge on any atom is -0.395 e. The van der Waals surface area contributed by atoms with Crippen molar-refractivity contribution in [2.75, 3.05) is 5.73 Å². The van der Waals surface area contributed by atoms with E-state index in [1.54, 1.807) is 0 Å². The van der Waals surface area contributed by atoms with Crippen LogP contribution in [0.1, 0.15) is 60.6 Å². The molecule has 1 heterocycles. The number of nitrogens with two attached hydrogens (primary N) is 1. The Kier molecular flexibility index (Phi) is 3.18. The van der Waals surface area contributed by atoms with Crippen LogP contribution >= 0.6 is 0 Å². The number of carbonyl (C=O) groups is 1. The second-order valence-corrected chi connectivity index (χ2v) is 5.61. The predicted molar refractivity (Wildman–Crippen MR) is 70.7 cm³/mol. The minimum absolute atomic E-state index is 0.179. The molecule has 2 saturated carbocycles. The molecule has 2 aliphatic rings. The molecule has 19 heavy (non-hydrogen) atoms. The number of nitrogens with zero attached hydrogens (tertiary/aromatic N) is 1. The summed E-state index contributed by atoms with van der Waals surface area (Å²) in [6.45, 7) is 0. The van der Waals surface area contributed by atoms with Gasteiger partial charge in [0.05, 0.1) is 23.5 Å². The van der Waals surface area contributed by atoms with Crippen molar-refractivity contribution >= 4 is 11.6 Å². The van der Waals surface area contributed by atoms with Gasteiger partial charge in [-0.25, -0.2) is 0 Å². The third-order valence-electron chi connectivity index (χ3n) is 4.08. The summed E-state index contributed by atoms with van der Waals surface area (Å²) in [5, 5.41) is 19.6. The number of aliphatic hydroxyl groups excluding tert-OH is 1. The number of aromatic amines is 1. The van der Waals surface area contributed by atoms with E-state index in [0.717, 1.165) is 44.2 Å². The number of hydrogen-bond acceptors (Lipinski definition) is 4. The van der Waals surface area contributed by atoms with Crippen molar-refractivity contribution in [2.45, 2.75) is 56.6 Å². The molecule has 2 atom stereocenters. The van der Waals surface area contributed by atoms with E-state index >= 15 is 0 Å². The van der Waals surface area contributed by atoms with Crippen molar-refractivity contribution in [3.05, 3.63) is 11.4 Å². The summed E-state index contributed by atoms with van der Waals surface area (Å²) in [6.07, 6.45) is 5.36. The van der Waals surface area contributed by atoms with Gasteiger partial charge in [0.15, 0.2) is 5.69 Å². The Morgan fingerprint density at radius 3 is 2.74 bits per heavy atom. The molecule has 2 fully saturated rings. The van der Waals surface area contributed by atoms with Crippen molar-refractivity contribution < 1.29 is 9.90 Å². The van der Waals surface area contributed by atoms with E-state index < -0.39 is 6.10 Å². The molecule has 104 valence electrons. The highest BCUT2D eigenvalue weighted by atomic mass is 16.3. The highest BCUT2D eigenvalue weighted by molar-refractivity contribution is 5.98. The lowest BCUT2D eigenvalue weighted by atomic mass is 9.92. The van der Waals surface area contributed by atoms with Crippen LogP contribution in [0.15, 0.2) is 0 Å². The molecule has 3 rings (SSSR count). The predicted octanol–water partition coefficient (Wildman–Crippen LogP) is 0.903. The molecule has 6 nitrogen and oxygen atoms in total. The topological polar surface area (TPSA) is 104 Å². The third kappa shape index (κ3) is 2.45. The fraction of sp³-hybridized carbons (Fsp3) is 0.692. The zero-order valence-electron chi connectivity index (χ0n) is 10.9. The standard InChI is InChI=1S/C13H20N4O2/c14-10-11(7-5-6-7)16-17-12(10)13(19)15-8-3-1-2-4-9(8)18/h7-9,18H,1-6,14H2,(H,15,19)(H,16,17). The number of nitrogens with one attached hydrogen (secondary N) is 2. The van der Waals surface area contributed by atoms with E-state index in [1.807, 2.05) is 0 Å². The molecular weight excluding hydrogens is 244 g/mol. The molecule has 6 heteroatoms. The van der Waals surface area contributed by atoms with Crippen LogP contribution in [0.4, 0.5) is 5.69 Å². The number of nitrogen functional groups attached to an aromatic ring is 1. The molecule has 2 unspecified atom stereocenters. The van der Waals surface area contributed by atoms with Gasteiger partial charge in [-0.2, -0.15) is 5.10 Å². The Bertz CT molecular complexity index is 481. The maximum Gasteiger partial charge on any atom is 0.274 e. The number of carbonyl (C=O) groups excluding carboxylic acids is 1. The smallest absolute Gasteiger partial charge is 0.274 e. The average Bonchev–Trinajstić information content (AvgIpc) is 3.15. The van der Waals surface area contributed by atoms with E-state index in [9.17, 15) is 9.90 Å². The molecule has 0 bridgehead atoms. The number of H-pyrrole nitrogens is 1. The van der Waals surface area contributed by atoms with E-state index in [2.05, 4.69) is 15.5 Å². The number of aromatic nitrogens is 2. The van der Waals surface area contributed by atoms with Gasteiger partial charge < -0.3 is 16.2 Å². The maximum absolute atomic E-state index is 12.2. The van der Waals surface area contributed by atoms with Crippen LogP contribution < -0.4 is 11.1 Å². The van der Waals surface area contributed by atoms with Crippen LogP contribution in [0.5, 0.6) is 0 Å². The first-order chi connectivity index (χ1) is 9.16. The Morgan fingerprint density at radius 2 is 2.05 bits per heavy atom. The van der Waals surface area contributed by atoms with Crippen molar-refractivity contribution in [3.63, 3.8) is 0 Å². The van der Waals surface area contributed by atoms with Crippen LogP contribution in [-0.4, -0.2) is 33.4 Å². The van der Waals surface area contributed by atoms with E-state index in [4.69, 9.17) is 5.73 Å². The van der Waals surface area contributed by atoms with Gasteiger partial charge in [-0.05, 0) is 25.7 Å². The lowest BCUT2D eigenvalue weighted by Gasteiger charge is -2.28. The van der Waals surface area contributed by atoms with Crippen LogP contribution in [0, 0.1) is 0 Å². The minimum atomic E-state index is -0.458. The normalized spacial score (nSPS) is 27.2. The summed E-state index contributed by atoms with van der Waals surface area (Å²) < 4.78 is 0. The fourth-order valence-corrected chi connectivity index (χ4v) is 2.74. The zero-order valence-corrected chi connectivity index (χ0v) is 10.9. The van der Waals surface area contributed by atoms with E-state index in [0.29, 0.717) is 11.6 Å². The van der Waals surface area contributed by atoms with Gasteiger partial charge >= 0.3 is 0 Å². The third-order valence-corrected chi connectivity index (χ3v) is 4.08. The van der Waals surface area contributed by atoms with Crippen molar-refractivity contribution in [1.29, 1.82) is 0 Å². The second kappa shape index (κ2) is 4.85. The number of hydrogen-bond donors (Lipinski definition) is 4. The highest BCUT2D eigenvalue weighted by Gasteiger charge is 2.31. The van der Waals surface area contributed by atoms with Crippen molar-refractivity contribution in [1.82, 2.24) is 15.5 Å². The summed E-state index contributed by atoms with van der Waals surface area (Å²) in [5.41, 5.74) is 7.58. The summed E-state index contributed by atoms with van der Waals surface area (Å²) in [6, 6.07) is -0.179. The summed E-state index contributed by atoms with van der Waals surface area (Å²) in [4.78, 5) is 12.2. The number of amides is 1. The SMILES string of the molecule is Nc1c(C(=O)NC2CCCCC2O)n[nH]c1C1CC1. The molecule has 2 aliphatic carbocycles. The van der Waals surface area contributed by atoms with E-state index in [1.165, 1.54) is 0 Å². The summed E-state index contributed by atoms with van der Waals surface area (Å²) in [7, 11) is 0. The maximum atomic E-state index is 12.2. The molecule has 1 aromatic heterocycles. The van der Waals surface area contributed by atoms with Gasteiger partial charge in [-0.15, -0.1) is 0 Å². The van der Waals surface area contributed by atoms with Crippen molar-refractivity contribution in [3.8, 4) is 0 Å². The summed E-state index contributed by atoms with van der Waals surface area (Å²) >= 11 is 0. The Labute approximate surface area is 111 Å². The van der Waals surface area contributed by atoms with Crippen LogP contribution in [-0.2, 0) is 0 Å². The first kappa shape index (κ1) is 12.5. The van der Waals surface area contributed by atoms with Crippen molar-refractivity contribution in [2.24, 2.45) is 0 Å². The monoisotopic (exact) mass is 264 g/mol. The number of anilines is 1. The lowest BCUT2D eigenvalue weighted by molar-refractivity contribution is 0.0714. The van der Waals surface area contributed by atoms with E-state index in [-0.39, 0.29) is 17.6 Å². The Morgan fingerprint density at radius 1 is 1.32 bits per heavy atom. The second-order valence-electron chi connectivity index (χ2n) is 5.61. The Balaban J connectivity index is 1.69. The van der Waals surface area contributed by atoms with Gasteiger partial charge in [0.25, 0.3) is 5.91 Å². The average molecular weight is 264 g/mol.